The van der Waals surface area contributed by atoms with Gasteiger partial charge in [-0.25, -0.2) is 9.50 Å². The quantitative estimate of drug-likeness (QED) is 0.706. The van der Waals surface area contributed by atoms with Gasteiger partial charge in [0.1, 0.15) is 12.6 Å². The molecule has 27 heavy (non-hydrogen) atoms. The Morgan fingerprint density at radius 3 is 2.70 bits per heavy atom. The Kier molecular flexibility index (Phi) is 4.47. The molecule has 0 spiro atoms. The second-order valence-corrected chi connectivity index (χ2v) is 7.52. The number of hydrogen-bond acceptors (Lipinski definition) is 5. The van der Waals surface area contributed by atoms with Crippen molar-refractivity contribution in [3.8, 4) is 11.3 Å². The van der Waals surface area contributed by atoms with Gasteiger partial charge in [-0.15, -0.1) is 5.10 Å². The van der Waals surface area contributed by atoms with Crippen molar-refractivity contribution in [3.63, 3.8) is 0 Å². The third kappa shape index (κ3) is 3.86. The summed E-state index contributed by atoms with van der Waals surface area (Å²) in [6, 6.07) is 6.52. The first-order valence-corrected chi connectivity index (χ1v) is 9.22. The van der Waals surface area contributed by atoms with E-state index < -0.39 is 24.7 Å². The zero-order valence-corrected chi connectivity index (χ0v) is 15.3. The Hall–Kier alpha value is -2.33. The first kappa shape index (κ1) is 18.1. The number of nitrogens with zero attached hydrogens (tertiary/aromatic N) is 4. The van der Waals surface area contributed by atoms with Gasteiger partial charge in [0.15, 0.2) is 0 Å². The lowest BCUT2D eigenvalue weighted by Gasteiger charge is -2.18. The maximum atomic E-state index is 12.5. The minimum absolute atomic E-state index is 0.0687. The molecule has 4 rings (SSSR count). The Morgan fingerprint density at radius 2 is 2.04 bits per heavy atom. The molecular weight excluding hydrogens is 403 g/mol. The summed E-state index contributed by atoms with van der Waals surface area (Å²) in [6.07, 6.45) is -2.36. The average Bonchev–Trinajstić information content (AvgIpc) is 3.23. The van der Waals surface area contributed by atoms with Crippen molar-refractivity contribution in [1.29, 1.82) is 0 Å². The lowest BCUT2D eigenvalue weighted by atomic mass is 10.2. The summed E-state index contributed by atoms with van der Waals surface area (Å²) in [5.74, 6) is -0.568. The number of carbonyl (C=O) groups excluding carboxylic acids is 1. The molecule has 2 aromatic heterocycles. The van der Waals surface area contributed by atoms with Gasteiger partial charge in [-0.2, -0.15) is 13.2 Å². The van der Waals surface area contributed by atoms with Gasteiger partial charge < -0.3 is 10.2 Å². The molecule has 1 saturated heterocycles. The molecule has 1 aliphatic rings. The molecule has 0 aliphatic carbocycles. The van der Waals surface area contributed by atoms with Gasteiger partial charge >= 0.3 is 6.18 Å². The summed E-state index contributed by atoms with van der Waals surface area (Å²) in [4.78, 5) is 18.0. The fourth-order valence-corrected chi connectivity index (χ4v) is 3.87. The number of fused-ring (bicyclic) bond motifs is 1. The number of anilines is 1. The lowest BCUT2D eigenvalue weighted by molar-refractivity contribution is -0.157. The second kappa shape index (κ2) is 6.68. The summed E-state index contributed by atoms with van der Waals surface area (Å²) in [7, 11) is 0. The molecule has 6 nitrogen and oxygen atoms in total. The third-order valence-corrected chi connectivity index (χ3v) is 5.25. The topological polar surface area (TPSA) is 62.5 Å². The van der Waals surface area contributed by atoms with Gasteiger partial charge in [0.05, 0.1) is 11.9 Å². The second-order valence-electron chi connectivity index (χ2n) is 6.13. The smallest absolute Gasteiger partial charge is 0.348 e. The molecule has 0 bridgehead atoms. The number of carbonyl (C=O) groups is 1. The van der Waals surface area contributed by atoms with Gasteiger partial charge in [-0.3, -0.25) is 4.79 Å². The highest BCUT2D eigenvalue weighted by atomic mass is 35.5. The lowest BCUT2D eigenvalue weighted by Crippen LogP contribution is -2.39. The van der Waals surface area contributed by atoms with E-state index in [1.165, 1.54) is 11.3 Å². The van der Waals surface area contributed by atoms with Crippen LogP contribution in [0.3, 0.4) is 0 Å². The van der Waals surface area contributed by atoms with Gasteiger partial charge in [-0.1, -0.05) is 35.1 Å². The minimum atomic E-state index is -4.40. The van der Waals surface area contributed by atoms with E-state index in [0.717, 1.165) is 16.2 Å². The number of hydrogen-bond donors (Lipinski definition) is 1. The predicted octanol–water partition coefficient (Wildman–Crippen LogP) is 3.69. The van der Waals surface area contributed by atoms with E-state index in [2.05, 4.69) is 15.4 Å². The molecular formula is C16H13ClF3N5OS. The normalized spacial score (nSPS) is 17.9. The zero-order chi connectivity index (χ0) is 19.2. The Morgan fingerprint density at radius 1 is 1.30 bits per heavy atom. The monoisotopic (exact) mass is 415 g/mol. The maximum absolute atomic E-state index is 12.5. The van der Waals surface area contributed by atoms with Crippen molar-refractivity contribution in [1.82, 2.24) is 19.5 Å². The number of rotatable bonds is 4. The minimum Gasteiger partial charge on any atom is -0.348 e. The maximum Gasteiger partial charge on any atom is 0.406 e. The highest BCUT2D eigenvalue weighted by Crippen LogP contribution is 2.27. The van der Waals surface area contributed by atoms with E-state index in [9.17, 15) is 18.0 Å². The van der Waals surface area contributed by atoms with Crippen LogP contribution in [0, 0.1) is 0 Å². The number of likely N-dealkylation sites (tertiary alicyclic amines) is 1. The van der Waals surface area contributed by atoms with Gasteiger partial charge in [0.2, 0.25) is 16.0 Å². The van der Waals surface area contributed by atoms with Crippen LogP contribution in [0.4, 0.5) is 18.3 Å². The Labute approximate surface area is 160 Å². The molecule has 11 heteroatoms. The molecule has 1 aliphatic heterocycles. The van der Waals surface area contributed by atoms with Crippen LogP contribution in [0.15, 0.2) is 30.5 Å². The zero-order valence-electron chi connectivity index (χ0n) is 13.7. The summed E-state index contributed by atoms with van der Waals surface area (Å²) in [5, 5.41) is 8.30. The molecule has 1 atom stereocenters. The van der Waals surface area contributed by atoms with Crippen LogP contribution in [0.2, 0.25) is 5.02 Å². The van der Waals surface area contributed by atoms with Gasteiger partial charge in [0.25, 0.3) is 0 Å². The Bertz CT molecular complexity index is 953. The molecule has 142 valence electrons. The number of nitrogens with one attached hydrogen (secondary N) is 1. The first-order valence-electron chi connectivity index (χ1n) is 8.03. The van der Waals surface area contributed by atoms with Gasteiger partial charge in [-0.05, 0) is 18.6 Å². The van der Waals surface area contributed by atoms with E-state index >= 15 is 0 Å². The number of imidazole rings is 1. The standard InChI is InChI=1S/C16H13ClF3N5OS/c17-10-3-1-9(2-4-10)12-7-25-15(22-12)27-14(23-25)21-11-5-6-24(13(11)26)8-16(18,19)20/h1-4,7,11H,5-6,8H2,(H,21,23). The van der Waals surface area contributed by atoms with E-state index in [4.69, 9.17) is 11.6 Å². The van der Waals surface area contributed by atoms with E-state index in [1.807, 2.05) is 12.1 Å². The van der Waals surface area contributed by atoms with Crippen molar-refractivity contribution in [2.45, 2.75) is 18.6 Å². The first-order chi connectivity index (χ1) is 12.8. The molecule has 3 heterocycles. The van der Waals surface area contributed by atoms with Crippen molar-refractivity contribution in [3.05, 3.63) is 35.5 Å². The van der Waals surface area contributed by atoms with E-state index in [1.54, 1.807) is 22.8 Å². The predicted molar refractivity (Wildman–Crippen MR) is 96.0 cm³/mol. The fourth-order valence-electron chi connectivity index (χ4n) is 2.91. The van der Waals surface area contributed by atoms with Crippen molar-refractivity contribution >= 4 is 38.9 Å². The summed E-state index contributed by atoms with van der Waals surface area (Å²) in [5.41, 5.74) is 1.62. The molecule has 1 N–H and O–H groups in total. The van der Waals surface area contributed by atoms with Crippen LogP contribution in [0.5, 0.6) is 0 Å². The van der Waals surface area contributed by atoms with Crippen molar-refractivity contribution in [2.24, 2.45) is 0 Å². The van der Waals surface area contributed by atoms with Crippen LogP contribution in [-0.4, -0.2) is 50.7 Å². The number of alkyl halides is 3. The van der Waals surface area contributed by atoms with Crippen molar-refractivity contribution < 1.29 is 18.0 Å². The summed E-state index contributed by atoms with van der Waals surface area (Å²) < 4.78 is 39.0. The number of benzene rings is 1. The highest BCUT2D eigenvalue weighted by Gasteiger charge is 2.39. The number of amides is 1. The van der Waals surface area contributed by atoms with E-state index in [0.29, 0.717) is 21.5 Å². The van der Waals surface area contributed by atoms with Crippen LogP contribution in [0.1, 0.15) is 6.42 Å². The van der Waals surface area contributed by atoms with Crippen molar-refractivity contribution in [2.75, 3.05) is 18.4 Å². The molecule has 0 radical (unpaired) electrons. The van der Waals surface area contributed by atoms with E-state index in [-0.39, 0.29) is 6.54 Å². The molecule has 1 unspecified atom stereocenters. The largest absolute Gasteiger partial charge is 0.406 e. The van der Waals surface area contributed by atoms with Crippen LogP contribution >= 0.6 is 22.9 Å². The third-order valence-electron chi connectivity index (χ3n) is 4.15. The van der Waals surface area contributed by atoms with Crippen LogP contribution < -0.4 is 5.32 Å². The fraction of sp³-hybridized carbons (Fsp3) is 0.312. The average molecular weight is 416 g/mol. The molecule has 0 saturated carbocycles. The number of aromatic nitrogens is 3. The Balaban J connectivity index is 1.47. The van der Waals surface area contributed by atoms with Gasteiger partial charge in [0, 0.05) is 17.1 Å². The summed E-state index contributed by atoms with van der Waals surface area (Å²) in [6.45, 7) is -1.16. The molecule has 3 aromatic rings. The highest BCUT2D eigenvalue weighted by molar-refractivity contribution is 7.20. The molecule has 1 fully saturated rings. The summed E-state index contributed by atoms with van der Waals surface area (Å²) >= 11 is 7.11. The SMILES string of the molecule is O=C1C(Nc2nn3cc(-c4ccc(Cl)cc4)nc3s2)CCN1CC(F)(F)F. The van der Waals surface area contributed by atoms with Crippen LogP contribution in [-0.2, 0) is 4.79 Å². The molecule has 1 aromatic carbocycles. The number of halogens is 4. The van der Waals surface area contributed by atoms with Crippen LogP contribution in [0.25, 0.3) is 16.2 Å². The molecule has 1 amide bonds.